The molecule has 0 aromatic heterocycles. The molecular formula is C10H23NO. The molecule has 0 heterocycles. The van der Waals surface area contributed by atoms with Crippen LogP contribution in [0, 0.1) is 0 Å². The summed E-state index contributed by atoms with van der Waals surface area (Å²) in [5.74, 6) is 0. The van der Waals surface area contributed by atoms with E-state index in [4.69, 9.17) is 4.74 Å². The molecule has 0 rings (SSSR count). The highest BCUT2D eigenvalue weighted by Gasteiger charge is 2.05. The summed E-state index contributed by atoms with van der Waals surface area (Å²) < 4.78 is 5.70. The van der Waals surface area contributed by atoms with Crippen LogP contribution in [-0.2, 0) is 4.74 Å². The molecule has 0 radical (unpaired) electrons. The SMILES string of the molecule is CCCCOC(CCC)CNC. The molecular weight excluding hydrogens is 150 g/mol. The third kappa shape index (κ3) is 6.62. The molecule has 0 spiro atoms. The number of rotatable bonds is 8. The van der Waals surface area contributed by atoms with Crippen molar-refractivity contribution in [2.45, 2.75) is 45.6 Å². The van der Waals surface area contributed by atoms with E-state index in [9.17, 15) is 0 Å². The number of hydrogen-bond acceptors (Lipinski definition) is 2. The first-order valence-corrected chi connectivity index (χ1v) is 5.11. The van der Waals surface area contributed by atoms with Crippen molar-refractivity contribution in [3.05, 3.63) is 0 Å². The van der Waals surface area contributed by atoms with Gasteiger partial charge in [-0.2, -0.15) is 0 Å². The van der Waals surface area contributed by atoms with Crippen LogP contribution in [0.5, 0.6) is 0 Å². The second-order valence-corrected chi connectivity index (χ2v) is 3.19. The highest BCUT2D eigenvalue weighted by Crippen LogP contribution is 2.02. The molecule has 1 unspecified atom stereocenters. The molecule has 12 heavy (non-hydrogen) atoms. The van der Waals surface area contributed by atoms with Crippen LogP contribution in [0.15, 0.2) is 0 Å². The molecule has 0 saturated carbocycles. The maximum atomic E-state index is 5.70. The zero-order valence-corrected chi connectivity index (χ0v) is 8.73. The van der Waals surface area contributed by atoms with Crippen molar-refractivity contribution in [2.75, 3.05) is 20.2 Å². The lowest BCUT2D eigenvalue weighted by atomic mass is 10.2. The Balaban J connectivity index is 3.34. The van der Waals surface area contributed by atoms with E-state index in [0.717, 1.165) is 13.2 Å². The van der Waals surface area contributed by atoms with E-state index in [1.165, 1.54) is 25.7 Å². The van der Waals surface area contributed by atoms with Gasteiger partial charge in [-0.1, -0.05) is 26.7 Å². The Hall–Kier alpha value is -0.0800. The van der Waals surface area contributed by atoms with Crippen molar-refractivity contribution in [1.29, 1.82) is 0 Å². The molecule has 0 bridgehead atoms. The van der Waals surface area contributed by atoms with E-state index in [0.29, 0.717) is 6.10 Å². The highest BCUT2D eigenvalue weighted by atomic mass is 16.5. The van der Waals surface area contributed by atoms with Crippen LogP contribution in [0.25, 0.3) is 0 Å². The maximum Gasteiger partial charge on any atom is 0.0699 e. The summed E-state index contributed by atoms with van der Waals surface area (Å²) in [6.45, 7) is 6.29. The monoisotopic (exact) mass is 173 g/mol. The Morgan fingerprint density at radius 3 is 2.50 bits per heavy atom. The largest absolute Gasteiger partial charge is 0.377 e. The number of likely N-dealkylation sites (N-methyl/N-ethyl adjacent to an activating group) is 1. The van der Waals surface area contributed by atoms with Crippen LogP contribution < -0.4 is 5.32 Å². The molecule has 0 aliphatic heterocycles. The van der Waals surface area contributed by atoms with Gasteiger partial charge in [0.15, 0.2) is 0 Å². The van der Waals surface area contributed by atoms with Gasteiger partial charge >= 0.3 is 0 Å². The van der Waals surface area contributed by atoms with Gasteiger partial charge in [-0.15, -0.1) is 0 Å². The Kier molecular flexibility index (Phi) is 8.95. The van der Waals surface area contributed by atoms with Gasteiger partial charge in [0.25, 0.3) is 0 Å². The summed E-state index contributed by atoms with van der Waals surface area (Å²) in [7, 11) is 1.98. The number of unbranched alkanes of at least 4 members (excludes halogenated alkanes) is 1. The van der Waals surface area contributed by atoms with E-state index in [1.807, 2.05) is 7.05 Å². The minimum atomic E-state index is 0.423. The van der Waals surface area contributed by atoms with E-state index >= 15 is 0 Å². The number of ether oxygens (including phenoxy) is 1. The quantitative estimate of drug-likeness (QED) is 0.568. The normalized spacial score (nSPS) is 13.2. The van der Waals surface area contributed by atoms with Crippen molar-refractivity contribution in [3.63, 3.8) is 0 Å². The summed E-state index contributed by atoms with van der Waals surface area (Å²) in [4.78, 5) is 0. The summed E-state index contributed by atoms with van der Waals surface area (Å²) in [6, 6.07) is 0. The molecule has 1 atom stereocenters. The van der Waals surface area contributed by atoms with E-state index in [-0.39, 0.29) is 0 Å². The van der Waals surface area contributed by atoms with Gasteiger partial charge in [-0.05, 0) is 19.9 Å². The average Bonchev–Trinajstić information content (AvgIpc) is 2.06. The number of nitrogens with one attached hydrogen (secondary N) is 1. The van der Waals surface area contributed by atoms with E-state index in [1.54, 1.807) is 0 Å². The highest BCUT2D eigenvalue weighted by molar-refractivity contribution is 4.58. The van der Waals surface area contributed by atoms with Crippen LogP contribution in [-0.4, -0.2) is 26.3 Å². The fourth-order valence-corrected chi connectivity index (χ4v) is 1.19. The minimum absolute atomic E-state index is 0.423. The zero-order valence-electron chi connectivity index (χ0n) is 8.73. The lowest BCUT2D eigenvalue weighted by molar-refractivity contribution is 0.0465. The summed E-state index contributed by atoms with van der Waals surface area (Å²) in [6.07, 6.45) is 5.21. The van der Waals surface area contributed by atoms with Gasteiger partial charge in [-0.25, -0.2) is 0 Å². The number of hydrogen-bond donors (Lipinski definition) is 1. The van der Waals surface area contributed by atoms with Crippen molar-refractivity contribution < 1.29 is 4.74 Å². The minimum Gasteiger partial charge on any atom is -0.377 e. The van der Waals surface area contributed by atoms with Crippen LogP contribution in [0.3, 0.4) is 0 Å². The fraction of sp³-hybridized carbons (Fsp3) is 1.00. The molecule has 0 aliphatic carbocycles. The van der Waals surface area contributed by atoms with Crippen LogP contribution in [0.2, 0.25) is 0 Å². The molecule has 1 N–H and O–H groups in total. The Morgan fingerprint density at radius 2 is 2.00 bits per heavy atom. The van der Waals surface area contributed by atoms with Crippen molar-refractivity contribution in [3.8, 4) is 0 Å². The molecule has 0 fully saturated rings. The smallest absolute Gasteiger partial charge is 0.0699 e. The Morgan fingerprint density at radius 1 is 1.25 bits per heavy atom. The first kappa shape index (κ1) is 11.9. The first-order valence-electron chi connectivity index (χ1n) is 5.11. The maximum absolute atomic E-state index is 5.70. The van der Waals surface area contributed by atoms with Crippen molar-refractivity contribution >= 4 is 0 Å². The van der Waals surface area contributed by atoms with Gasteiger partial charge in [0.1, 0.15) is 0 Å². The molecule has 2 heteroatoms. The van der Waals surface area contributed by atoms with E-state index < -0.39 is 0 Å². The molecule has 0 amide bonds. The predicted molar refractivity (Wildman–Crippen MR) is 53.5 cm³/mol. The van der Waals surface area contributed by atoms with Crippen molar-refractivity contribution in [2.24, 2.45) is 0 Å². The predicted octanol–water partition coefficient (Wildman–Crippen LogP) is 2.19. The fourth-order valence-electron chi connectivity index (χ4n) is 1.19. The molecule has 0 aromatic carbocycles. The lowest BCUT2D eigenvalue weighted by Gasteiger charge is -2.16. The summed E-state index contributed by atoms with van der Waals surface area (Å²) >= 11 is 0. The summed E-state index contributed by atoms with van der Waals surface area (Å²) in [5.41, 5.74) is 0. The standard InChI is InChI=1S/C10H23NO/c1-4-6-8-12-10(7-5-2)9-11-3/h10-11H,4-9H2,1-3H3. The van der Waals surface area contributed by atoms with Gasteiger partial charge in [-0.3, -0.25) is 0 Å². The second kappa shape index (κ2) is 9.01. The third-order valence-electron chi connectivity index (χ3n) is 1.89. The van der Waals surface area contributed by atoms with Crippen LogP contribution >= 0.6 is 0 Å². The molecule has 2 nitrogen and oxygen atoms in total. The first-order chi connectivity index (χ1) is 5.85. The van der Waals surface area contributed by atoms with Gasteiger partial charge in [0.2, 0.25) is 0 Å². The van der Waals surface area contributed by atoms with Gasteiger partial charge in [0.05, 0.1) is 6.10 Å². The topological polar surface area (TPSA) is 21.3 Å². The van der Waals surface area contributed by atoms with Gasteiger partial charge < -0.3 is 10.1 Å². The summed E-state index contributed by atoms with van der Waals surface area (Å²) in [5, 5.41) is 3.15. The lowest BCUT2D eigenvalue weighted by Crippen LogP contribution is -2.26. The third-order valence-corrected chi connectivity index (χ3v) is 1.89. The average molecular weight is 173 g/mol. The Labute approximate surface area is 76.7 Å². The Bertz CT molecular complexity index is 79.9. The second-order valence-electron chi connectivity index (χ2n) is 3.19. The van der Waals surface area contributed by atoms with Crippen molar-refractivity contribution in [1.82, 2.24) is 5.32 Å². The molecule has 0 aromatic rings. The molecule has 0 saturated heterocycles. The van der Waals surface area contributed by atoms with E-state index in [2.05, 4.69) is 19.2 Å². The van der Waals surface area contributed by atoms with Crippen LogP contribution in [0.1, 0.15) is 39.5 Å². The molecule has 74 valence electrons. The van der Waals surface area contributed by atoms with Crippen LogP contribution in [0.4, 0.5) is 0 Å². The zero-order chi connectivity index (χ0) is 9.23. The molecule has 0 aliphatic rings. The van der Waals surface area contributed by atoms with Gasteiger partial charge in [0, 0.05) is 13.2 Å².